The highest BCUT2D eigenvalue weighted by Gasteiger charge is 2.32. The highest BCUT2D eigenvalue weighted by molar-refractivity contribution is 7.89. The van der Waals surface area contributed by atoms with Crippen LogP contribution in [0.3, 0.4) is 0 Å². The maximum atomic E-state index is 12.8. The van der Waals surface area contributed by atoms with Crippen molar-refractivity contribution in [3.05, 3.63) is 32.3 Å². The number of nitro groups is 1. The average Bonchev–Trinajstić information content (AvgIpc) is 2.46. The molecular formula is C12H16Cl2N2O6S. The third-order valence-corrected chi connectivity index (χ3v) is 5.82. The zero-order chi connectivity index (χ0) is 17.6. The van der Waals surface area contributed by atoms with Crippen LogP contribution in [0, 0.1) is 10.1 Å². The van der Waals surface area contributed by atoms with Crippen molar-refractivity contribution in [3.8, 4) is 0 Å². The highest BCUT2D eigenvalue weighted by Crippen LogP contribution is 2.37. The molecule has 1 aromatic rings. The molecule has 0 fully saturated rings. The molecule has 0 aromatic heterocycles. The van der Waals surface area contributed by atoms with Crippen LogP contribution in [-0.2, 0) is 19.5 Å². The lowest BCUT2D eigenvalue weighted by Gasteiger charge is -2.22. The number of benzene rings is 1. The third-order valence-electron chi connectivity index (χ3n) is 2.91. The van der Waals surface area contributed by atoms with E-state index >= 15 is 0 Å². The van der Waals surface area contributed by atoms with Crippen LogP contribution in [0.2, 0.25) is 10.0 Å². The molecule has 0 saturated carbocycles. The molecule has 0 aliphatic rings. The Kier molecular flexibility index (Phi) is 7.65. The van der Waals surface area contributed by atoms with Crippen LogP contribution in [-0.4, -0.2) is 58.2 Å². The Hall–Kier alpha value is -0.970. The molecule has 1 aromatic carbocycles. The van der Waals surface area contributed by atoms with Crippen LogP contribution in [0.4, 0.5) is 5.69 Å². The van der Waals surface area contributed by atoms with Crippen molar-refractivity contribution in [2.24, 2.45) is 0 Å². The Bertz CT molecular complexity index is 660. The molecule has 0 atom stereocenters. The Labute approximate surface area is 144 Å². The number of hydrogen-bond donors (Lipinski definition) is 0. The second-order valence-electron chi connectivity index (χ2n) is 4.36. The van der Waals surface area contributed by atoms with Gasteiger partial charge in [-0.1, -0.05) is 23.2 Å². The van der Waals surface area contributed by atoms with Gasteiger partial charge in [0, 0.05) is 33.4 Å². The zero-order valence-corrected chi connectivity index (χ0v) is 14.8. The smallest absolute Gasteiger partial charge is 0.289 e. The Morgan fingerprint density at radius 1 is 1.17 bits per heavy atom. The van der Waals surface area contributed by atoms with E-state index in [0.717, 1.165) is 16.4 Å². The molecule has 0 spiro atoms. The van der Waals surface area contributed by atoms with E-state index in [2.05, 4.69) is 0 Å². The van der Waals surface area contributed by atoms with Gasteiger partial charge in [-0.05, 0) is 6.07 Å². The average molecular weight is 387 g/mol. The van der Waals surface area contributed by atoms with Crippen molar-refractivity contribution in [3.63, 3.8) is 0 Å². The van der Waals surface area contributed by atoms with Gasteiger partial charge < -0.3 is 9.47 Å². The largest absolute Gasteiger partial charge is 0.383 e. The number of nitro benzene ring substituents is 1. The van der Waals surface area contributed by atoms with Gasteiger partial charge in [0.2, 0.25) is 10.0 Å². The lowest BCUT2D eigenvalue weighted by atomic mass is 10.3. The fraction of sp³-hybridized carbons (Fsp3) is 0.500. The third kappa shape index (κ3) is 4.75. The highest BCUT2D eigenvalue weighted by atomic mass is 35.5. The topological polar surface area (TPSA) is 99.0 Å². The summed E-state index contributed by atoms with van der Waals surface area (Å²) < 4.78 is 36.4. The summed E-state index contributed by atoms with van der Waals surface area (Å²) >= 11 is 11.8. The number of ether oxygens (including phenoxy) is 2. The standard InChI is InChI=1S/C12H16Cl2N2O6S/c1-21-7-5-15(6-8-22-2)23(19,20)12-9(13)3-4-10(11(12)14)16(17)18/h3-4H,5-8H2,1-2H3. The summed E-state index contributed by atoms with van der Waals surface area (Å²) in [6.07, 6.45) is 0. The minimum Gasteiger partial charge on any atom is -0.383 e. The molecule has 0 unspecified atom stereocenters. The quantitative estimate of drug-likeness (QED) is 0.476. The lowest BCUT2D eigenvalue weighted by Crippen LogP contribution is -2.36. The summed E-state index contributed by atoms with van der Waals surface area (Å²) in [5.41, 5.74) is -0.534. The second kappa shape index (κ2) is 8.76. The van der Waals surface area contributed by atoms with E-state index in [4.69, 9.17) is 32.7 Å². The van der Waals surface area contributed by atoms with Crippen LogP contribution in [0.1, 0.15) is 0 Å². The number of hydrogen-bond acceptors (Lipinski definition) is 6. The van der Waals surface area contributed by atoms with E-state index in [-0.39, 0.29) is 31.3 Å². The number of methoxy groups -OCH3 is 2. The van der Waals surface area contributed by atoms with Crippen LogP contribution in [0.25, 0.3) is 0 Å². The molecule has 23 heavy (non-hydrogen) atoms. The Morgan fingerprint density at radius 2 is 1.70 bits per heavy atom. The maximum Gasteiger partial charge on any atom is 0.289 e. The van der Waals surface area contributed by atoms with Crippen molar-refractivity contribution >= 4 is 38.9 Å². The maximum absolute atomic E-state index is 12.8. The summed E-state index contributed by atoms with van der Waals surface area (Å²) in [6, 6.07) is 2.18. The molecule has 11 heteroatoms. The molecule has 130 valence electrons. The first kappa shape index (κ1) is 20.1. The van der Waals surface area contributed by atoms with Crippen molar-refractivity contribution in [1.82, 2.24) is 4.31 Å². The lowest BCUT2D eigenvalue weighted by molar-refractivity contribution is -0.384. The molecule has 0 radical (unpaired) electrons. The van der Waals surface area contributed by atoms with E-state index in [0.29, 0.717) is 0 Å². The molecule has 0 aliphatic carbocycles. The minimum atomic E-state index is -4.16. The Balaban J connectivity index is 3.38. The summed E-state index contributed by atoms with van der Waals surface area (Å²) in [5, 5.41) is 10.2. The second-order valence-corrected chi connectivity index (χ2v) is 7.02. The van der Waals surface area contributed by atoms with E-state index in [9.17, 15) is 18.5 Å². The normalized spacial score (nSPS) is 11.9. The van der Waals surface area contributed by atoms with Crippen molar-refractivity contribution in [1.29, 1.82) is 0 Å². The van der Waals surface area contributed by atoms with Gasteiger partial charge in [-0.2, -0.15) is 4.31 Å². The Morgan fingerprint density at radius 3 is 2.13 bits per heavy atom. The van der Waals surface area contributed by atoms with Gasteiger partial charge >= 0.3 is 0 Å². The molecule has 8 nitrogen and oxygen atoms in total. The van der Waals surface area contributed by atoms with E-state index in [1.54, 1.807) is 0 Å². The predicted molar refractivity (Wildman–Crippen MR) is 85.6 cm³/mol. The molecular weight excluding hydrogens is 371 g/mol. The number of halogens is 2. The fourth-order valence-electron chi connectivity index (χ4n) is 1.77. The van der Waals surface area contributed by atoms with E-state index in [1.807, 2.05) is 0 Å². The van der Waals surface area contributed by atoms with Crippen molar-refractivity contribution in [2.75, 3.05) is 40.5 Å². The summed E-state index contributed by atoms with van der Waals surface area (Å²) in [5.74, 6) is 0. The molecule has 0 N–H and O–H groups in total. The van der Waals surface area contributed by atoms with Gasteiger partial charge in [-0.15, -0.1) is 0 Å². The summed E-state index contributed by atoms with van der Waals surface area (Å²) in [6.45, 7) is 0.315. The molecule has 0 amide bonds. The zero-order valence-electron chi connectivity index (χ0n) is 12.5. The molecule has 0 aliphatic heterocycles. The summed E-state index contributed by atoms with van der Waals surface area (Å²) in [7, 11) is -1.31. The first-order chi connectivity index (χ1) is 10.8. The summed E-state index contributed by atoms with van der Waals surface area (Å²) in [4.78, 5) is 9.69. The molecule has 1 rings (SSSR count). The molecule has 0 heterocycles. The first-order valence-corrected chi connectivity index (χ1v) is 8.57. The van der Waals surface area contributed by atoms with Crippen LogP contribution >= 0.6 is 23.2 Å². The number of rotatable bonds is 9. The number of sulfonamides is 1. The van der Waals surface area contributed by atoms with Crippen LogP contribution in [0.5, 0.6) is 0 Å². The SMILES string of the molecule is COCCN(CCOC)S(=O)(=O)c1c(Cl)ccc([N+](=O)[O-])c1Cl. The van der Waals surface area contributed by atoms with Crippen molar-refractivity contribution < 1.29 is 22.8 Å². The fourth-order valence-corrected chi connectivity index (χ4v) is 4.33. The van der Waals surface area contributed by atoms with Gasteiger partial charge in [0.15, 0.2) is 0 Å². The van der Waals surface area contributed by atoms with Gasteiger partial charge in [0.25, 0.3) is 5.69 Å². The van der Waals surface area contributed by atoms with Gasteiger partial charge in [-0.25, -0.2) is 8.42 Å². The number of nitrogens with zero attached hydrogens (tertiary/aromatic N) is 2. The van der Waals surface area contributed by atoms with Crippen LogP contribution in [0.15, 0.2) is 17.0 Å². The first-order valence-electron chi connectivity index (χ1n) is 6.37. The van der Waals surface area contributed by atoms with E-state index in [1.165, 1.54) is 14.2 Å². The van der Waals surface area contributed by atoms with Crippen LogP contribution < -0.4 is 0 Å². The monoisotopic (exact) mass is 386 g/mol. The van der Waals surface area contributed by atoms with Crippen molar-refractivity contribution in [2.45, 2.75) is 4.90 Å². The van der Waals surface area contributed by atoms with Gasteiger partial charge in [-0.3, -0.25) is 10.1 Å². The molecule has 0 saturated heterocycles. The minimum absolute atomic E-state index is 0.0253. The van der Waals surface area contributed by atoms with Gasteiger partial charge in [0.05, 0.1) is 23.2 Å². The van der Waals surface area contributed by atoms with Gasteiger partial charge in [0.1, 0.15) is 9.92 Å². The predicted octanol–water partition coefficient (Wildman–Crippen LogP) is 2.19. The molecule has 0 bridgehead atoms. The van der Waals surface area contributed by atoms with E-state index < -0.39 is 30.6 Å².